The summed E-state index contributed by atoms with van der Waals surface area (Å²) in [5.41, 5.74) is -0.102. The summed E-state index contributed by atoms with van der Waals surface area (Å²) in [7, 11) is 0. The molecule has 1 atom stereocenters. The lowest BCUT2D eigenvalue weighted by Crippen LogP contribution is -2.51. The Labute approximate surface area is 148 Å². The number of hydrogen-bond donors (Lipinski definition) is 0. The smallest absolute Gasteiger partial charge is 0.334 e. The molecule has 2 rings (SSSR count). The third-order valence-electron chi connectivity index (χ3n) is 3.98. The van der Waals surface area contributed by atoms with Crippen LogP contribution in [0.5, 0.6) is 0 Å². The molecule has 0 radical (unpaired) electrons. The van der Waals surface area contributed by atoms with Crippen molar-refractivity contribution in [1.29, 1.82) is 0 Å². The van der Waals surface area contributed by atoms with Crippen LogP contribution >= 0.6 is 0 Å². The van der Waals surface area contributed by atoms with Gasteiger partial charge >= 0.3 is 5.97 Å². The quantitative estimate of drug-likeness (QED) is 0.560. The van der Waals surface area contributed by atoms with Crippen LogP contribution in [0.4, 0.5) is 0 Å². The number of esters is 1. The first kappa shape index (κ1) is 19.1. The van der Waals surface area contributed by atoms with Crippen molar-refractivity contribution in [1.82, 2.24) is 4.90 Å². The topological polar surface area (TPSA) is 72.9 Å². The summed E-state index contributed by atoms with van der Waals surface area (Å²) in [6.07, 6.45) is -0.770. The first-order chi connectivity index (χ1) is 11.6. The van der Waals surface area contributed by atoms with E-state index < -0.39 is 17.6 Å². The molecule has 1 aromatic carbocycles. The minimum Gasteiger partial charge on any atom is -0.464 e. The van der Waals surface area contributed by atoms with E-state index in [1.807, 2.05) is 13.8 Å². The van der Waals surface area contributed by atoms with Gasteiger partial charge in [0.25, 0.3) is 11.8 Å². The van der Waals surface area contributed by atoms with Crippen molar-refractivity contribution in [3.63, 3.8) is 0 Å². The van der Waals surface area contributed by atoms with Gasteiger partial charge < -0.3 is 9.47 Å². The predicted molar refractivity (Wildman–Crippen MR) is 92.2 cm³/mol. The molecule has 0 spiro atoms. The number of imide groups is 1. The molecule has 0 N–H and O–H groups in total. The Kier molecular flexibility index (Phi) is 5.62. The summed E-state index contributed by atoms with van der Waals surface area (Å²) in [6.45, 7) is 9.34. The number of benzene rings is 1. The minimum atomic E-state index is -0.889. The maximum absolute atomic E-state index is 12.6. The Balaban J connectivity index is 2.02. The molecule has 1 unspecified atom stereocenters. The van der Waals surface area contributed by atoms with Gasteiger partial charge in [-0.25, -0.2) is 4.79 Å². The van der Waals surface area contributed by atoms with Crippen molar-refractivity contribution in [3.8, 4) is 0 Å². The normalized spacial score (nSPS) is 15.5. The highest BCUT2D eigenvalue weighted by atomic mass is 16.6. The summed E-state index contributed by atoms with van der Waals surface area (Å²) in [5.74, 6) is -0.897. The highest BCUT2D eigenvalue weighted by Gasteiger charge is 2.44. The van der Waals surface area contributed by atoms with Gasteiger partial charge in [-0.3, -0.25) is 14.5 Å². The zero-order valence-electron chi connectivity index (χ0n) is 15.4. The SMILES string of the molecule is CC(C)COC(=O)C(C)OCC(C)(C)N1C(=O)c2ccccc2C1=O. The minimum absolute atomic E-state index is 0.0381. The van der Waals surface area contributed by atoms with Crippen molar-refractivity contribution >= 4 is 17.8 Å². The number of carbonyl (C=O) groups is 3. The third-order valence-corrected chi connectivity index (χ3v) is 3.98. The number of rotatable bonds is 7. The van der Waals surface area contributed by atoms with E-state index in [9.17, 15) is 14.4 Å². The monoisotopic (exact) mass is 347 g/mol. The molecular weight excluding hydrogens is 322 g/mol. The molecule has 2 amide bonds. The van der Waals surface area contributed by atoms with Gasteiger partial charge in [-0.2, -0.15) is 0 Å². The number of amides is 2. The Morgan fingerprint density at radius 3 is 2.08 bits per heavy atom. The van der Waals surface area contributed by atoms with Crippen LogP contribution in [0.3, 0.4) is 0 Å². The van der Waals surface area contributed by atoms with Crippen molar-refractivity contribution in [2.75, 3.05) is 13.2 Å². The van der Waals surface area contributed by atoms with Crippen molar-refractivity contribution < 1.29 is 23.9 Å². The van der Waals surface area contributed by atoms with E-state index in [1.54, 1.807) is 45.0 Å². The maximum Gasteiger partial charge on any atom is 0.334 e. The molecule has 1 heterocycles. The van der Waals surface area contributed by atoms with Crippen LogP contribution in [0.15, 0.2) is 24.3 Å². The largest absolute Gasteiger partial charge is 0.464 e. The molecule has 0 fully saturated rings. The molecule has 0 aromatic heterocycles. The number of hydrogen-bond acceptors (Lipinski definition) is 5. The molecule has 0 saturated carbocycles. The van der Waals surface area contributed by atoms with Crippen LogP contribution in [-0.2, 0) is 14.3 Å². The second-order valence-electron chi connectivity index (χ2n) is 7.28. The predicted octanol–water partition coefficient (Wildman–Crippen LogP) is 2.67. The lowest BCUT2D eigenvalue weighted by Gasteiger charge is -2.34. The van der Waals surface area contributed by atoms with Gasteiger partial charge in [0, 0.05) is 0 Å². The van der Waals surface area contributed by atoms with Crippen LogP contribution < -0.4 is 0 Å². The van der Waals surface area contributed by atoms with E-state index in [0.29, 0.717) is 17.7 Å². The lowest BCUT2D eigenvalue weighted by molar-refractivity contribution is -0.158. The highest BCUT2D eigenvalue weighted by Crippen LogP contribution is 2.29. The summed E-state index contributed by atoms with van der Waals surface area (Å²) < 4.78 is 10.7. The second kappa shape index (κ2) is 7.35. The van der Waals surface area contributed by atoms with Gasteiger partial charge in [-0.15, -0.1) is 0 Å². The maximum atomic E-state index is 12.6. The molecule has 6 heteroatoms. The van der Waals surface area contributed by atoms with Crippen LogP contribution in [0, 0.1) is 5.92 Å². The van der Waals surface area contributed by atoms with E-state index in [0.717, 1.165) is 0 Å². The fourth-order valence-corrected chi connectivity index (χ4v) is 2.57. The zero-order chi connectivity index (χ0) is 18.8. The van der Waals surface area contributed by atoms with Gasteiger partial charge in [0.15, 0.2) is 6.10 Å². The molecule has 1 aliphatic rings. The molecule has 25 heavy (non-hydrogen) atoms. The summed E-state index contributed by atoms with van der Waals surface area (Å²) >= 11 is 0. The van der Waals surface area contributed by atoms with Crippen LogP contribution in [-0.4, -0.2) is 47.5 Å². The molecular formula is C19H25NO5. The zero-order valence-corrected chi connectivity index (χ0v) is 15.4. The summed E-state index contributed by atoms with van der Waals surface area (Å²) in [4.78, 5) is 38.2. The van der Waals surface area contributed by atoms with Crippen molar-refractivity contribution in [2.45, 2.75) is 46.3 Å². The Hall–Kier alpha value is -2.21. The first-order valence-electron chi connectivity index (χ1n) is 8.41. The Morgan fingerprint density at radius 1 is 1.08 bits per heavy atom. The van der Waals surface area contributed by atoms with Gasteiger partial charge in [-0.05, 0) is 38.8 Å². The molecule has 0 saturated heterocycles. The first-order valence-corrected chi connectivity index (χ1v) is 8.41. The van der Waals surface area contributed by atoms with E-state index >= 15 is 0 Å². The number of ether oxygens (including phenoxy) is 2. The molecule has 0 aliphatic carbocycles. The fraction of sp³-hybridized carbons (Fsp3) is 0.526. The number of carbonyl (C=O) groups excluding carboxylic acids is 3. The number of fused-ring (bicyclic) bond motifs is 1. The molecule has 1 aromatic rings. The molecule has 6 nitrogen and oxygen atoms in total. The molecule has 136 valence electrons. The third kappa shape index (κ3) is 4.07. The molecule has 1 aliphatic heterocycles. The van der Waals surface area contributed by atoms with Crippen LogP contribution in [0.25, 0.3) is 0 Å². The van der Waals surface area contributed by atoms with Gasteiger partial charge in [-0.1, -0.05) is 26.0 Å². The van der Waals surface area contributed by atoms with Crippen LogP contribution in [0.1, 0.15) is 55.3 Å². The van der Waals surface area contributed by atoms with Crippen molar-refractivity contribution in [3.05, 3.63) is 35.4 Å². The van der Waals surface area contributed by atoms with E-state index in [4.69, 9.17) is 9.47 Å². The Morgan fingerprint density at radius 2 is 1.60 bits per heavy atom. The van der Waals surface area contributed by atoms with Gasteiger partial charge in [0.1, 0.15) is 0 Å². The fourth-order valence-electron chi connectivity index (χ4n) is 2.57. The average molecular weight is 347 g/mol. The van der Waals surface area contributed by atoms with Crippen molar-refractivity contribution in [2.24, 2.45) is 5.92 Å². The van der Waals surface area contributed by atoms with E-state index in [2.05, 4.69) is 0 Å². The van der Waals surface area contributed by atoms with Gasteiger partial charge in [0.05, 0.1) is 29.9 Å². The lowest BCUT2D eigenvalue weighted by atomic mass is 10.0. The second-order valence-corrected chi connectivity index (χ2v) is 7.28. The summed E-state index contributed by atoms with van der Waals surface area (Å²) in [6, 6.07) is 6.73. The standard InChI is InChI=1S/C19H25NO5/c1-12(2)10-24-18(23)13(3)25-11-19(4,5)20-16(21)14-8-6-7-9-15(14)17(20)22/h6-9,12-13H,10-11H2,1-5H3. The Bertz CT molecular complexity index is 645. The highest BCUT2D eigenvalue weighted by molar-refractivity contribution is 6.21. The summed E-state index contributed by atoms with van der Waals surface area (Å²) in [5, 5.41) is 0. The van der Waals surface area contributed by atoms with E-state index in [1.165, 1.54) is 4.90 Å². The van der Waals surface area contributed by atoms with Gasteiger partial charge in [0.2, 0.25) is 0 Å². The van der Waals surface area contributed by atoms with E-state index in [-0.39, 0.29) is 24.3 Å². The molecule has 0 bridgehead atoms. The average Bonchev–Trinajstić information content (AvgIpc) is 2.82. The number of nitrogens with zero attached hydrogens (tertiary/aromatic N) is 1. The van der Waals surface area contributed by atoms with Crippen LogP contribution in [0.2, 0.25) is 0 Å².